The molecule has 0 amide bonds. The molecule has 3 rings (SSSR count). The summed E-state index contributed by atoms with van der Waals surface area (Å²) in [6.45, 7) is 0. The van der Waals surface area contributed by atoms with Gasteiger partial charge in [0, 0.05) is 10.5 Å². The van der Waals surface area contributed by atoms with Gasteiger partial charge in [-0.2, -0.15) is 0 Å². The van der Waals surface area contributed by atoms with Crippen LogP contribution in [0, 0.1) is 5.92 Å². The van der Waals surface area contributed by atoms with E-state index in [1.807, 2.05) is 0 Å². The Morgan fingerprint density at radius 3 is 2.50 bits per heavy atom. The van der Waals surface area contributed by atoms with Crippen molar-refractivity contribution in [3.63, 3.8) is 0 Å². The van der Waals surface area contributed by atoms with Crippen LogP contribution in [0.25, 0.3) is 10.8 Å². The zero-order chi connectivity index (χ0) is 12.5. The Kier molecular flexibility index (Phi) is 3.40. The van der Waals surface area contributed by atoms with Gasteiger partial charge < -0.3 is 5.73 Å². The molecule has 1 atom stereocenters. The van der Waals surface area contributed by atoms with E-state index in [0.29, 0.717) is 0 Å². The molecular weight excluding hydrogens is 286 g/mol. The van der Waals surface area contributed by atoms with Crippen LogP contribution < -0.4 is 5.73 Å². The van der Waals surface area contributed by atoms with Gasteiger partial charge in [0.2, 0.25) is 0 Å². The zero-order valence-electron chi connectivity index (χ0n) is 10.4. The minimum absolute atomic E-state index is 0.174. The van der Waals surface area contributed by atoms with Crippen LogP contribution in [-0.2, 0) is 0 Å². The molecule has 2 heteroatoms. The van der Waals surface area contributed by atoms with Crippen molar-refractivity contribution in [3.8, 4) is 0 Å². The van der Waals surface area contributed by atoms with Crippen LogP contribution in [0.2, 0.25) is 0 Å². The number of fused-ring (bicyclic) bond motifs is 1. The van der Waals surface area contributed by atoms with E-state index in [0.717, 1.165) is 16.8 Å². The quantitative estimate of drug-likeness (QED) is 0.866. The van der Waals surface area contributed by atoms with Crippen LogP contribution in [0.15, 0.2) is 40.9 Å². The minimum Gasteiger partial charge on any atom is -0.324 e. The van der Waals surface area contributed by atoms with E-state index >= 15 is 0 Å². The average Bonchev–Trinajstić information content (AvgIpc) is 2.34. The predicted octanol–water partition coefficient (Wildman–Crippen LogP) is 4.79. The van der Waals surface area contributed by atoms with E-state index in [1.54, 1.807) is 0 Å². The monoisotopic (exact) mass is 303 g/mol. The number of benzene rings is 2. The molecule has 1 saturated carbocycles. The maximum absolute atomic E-state index is 6.41. The van der Waals surface area contributed by atoms with Crippen LogP contribution in [0.5, 0.6) is 0 Å². The number of hydrogen-bond donors (Lipinski definition) is 1. The topological polar surface area (TPSA) is 26.0 Å². The van der Waals surface area contributed by atoms with Crippen LogP contribution >= 0.6 is 15.9 Å². The predicted molar refractivity (Wildman–Crippen MR) is 80.5 cm³/mol. The Balaban J connectivity index is 1.97. The molecule has 2 aromatic rings. The molecule has 0 radical (unpaired) electrons. The van der Waals surface area contributed by atoms with E-state index in [1.165, 1.54) is 35.6 Å². The van der Waals surface area contributed by atoms with Crippen molar-refractivity contribution < 1.29 is 0 Å². The van der Waals surface area contributed by atoms with Gasteiger partial charge in [-0.05, 0) is 34.7 Å². The highest BCUT2D eigenvalue weighted by atomic mass is 79.9. The second kappa shape index (κ2) is 5.02. The fraction of sp³-hybridized carbons (Fsp3) is 0.375. The fourth-order valence-electron chi connectivity index (χ4n) is 2.82. The third-order valence-electron chi connectivity index (χ3n) is 4.12. The molecule has 0 spiro atoms. The van der Waals surface area contributed by atoms with E-state index < -0.39 is 0 Å². The van der Waals surface area contributed by atoms with Gasteiger partial charge in [0.25, 0.3) is 0 Å². The lowest BCUT2D eigenvalue weighted by Crippen LogP contribution is -2.20. The molecule has 0 heterocycles. The summed E-state index contributed by atoms with van der Waals surface area (Å²) in [6, 6.07) is 13.0. The van der Waals surface area contributed by atoms with Crippen molar-refractivity contribution in [2.75, 3.05) is 0 Å². The Labute approximate surface area is 117 Å². The summed E-state index contributed by atoms with van der Waals surface area (Å²) in [5.41, 5.74) is 7.70. The highest BCUT2D eigenvalue weighted by Crippen LogP contribution is 2.36. The summed E-state index contributed by atoms with van der Waals surface area (Å²) in [6.07, 6.45) is 5.24. The van der Waals surface area contributed by atoms with E-state index in [9.17, 15) is 0 Å². The highest BCUT2D eigenvalue weighted by Gasteiger charge is 2.22. The van der Waals surface area contributed by atoms with Crippen molar-refractivity contribution in [1.29, 1.82) is 0 Å². The lowest BCUT2D eigenvalue weighted by Gasteiger charge is -2.28. The summed E-state index contributed by atoms with van der Waals surface area (Å²) in [5, 5.41) is 2.55. The molecule has 1 unspecified atom stereocenters. The third-order valence-corrected chi connectivity index (χ3v) is 4.81. The van der Waals surface area contributed by atoms with E-state index in [4.69, 9.17) is 5.73 Å². The van der Waals surface area contributed by atoms with Crippen molar-refractivity contribution in [2.45, 2.75) is 31.7 Å². The molecule has 0 saturated heterocycles. The summed E-state index contributed by atoms with van der Waals surface area (Å²) in [5.74, 6) is 0.849. The standard InChI is InChI=1S/C16H18BrN/c17-15-9-8-14(12-6-1-2-7-13(12)15)16(18)10-11-4-3-5-11/h1-2,6-9,11,16H,3-5,10,18H2. The van der Waals surface area contributed by atoms with Crippen molar-refractivity contribution >= 4 is 26.7 Å². The first-order chi connectivity index (χ1) is 8.75. The van der Waals surface area contributed by atoms with Crippen molar-refractivity contribution in [1.82, 2.24) is 0 Å². The first kappa shape index (κ1) is 12.2. The lowest BCUT2D eigenvalue weighted by molar-refractivity contribution is 0.278. The highest BCUT2D eigenvalue weighted by molar-refractivity contribution is 9.10. The van der Waals surface area contributed by atoms with Gasteiger partial charge in [0.15, 0.2) is 0 Å². The fourth-order valence-corrected chi connectivity index (χ4v) is 3.30. The van der Waals surface area contributed by atoms with Gasteiger partial charge in [-0.25, -0.2) is 0 Å². The molecule has 0 aliphatic heterocycles. The van der Waals surface area contributed by atoms with E-state index in [-0.39, 0.29) is 6.04 Å². The maximum Gasteiger partial charge on any atom is 0.0303 e. The largest absolute Gasteiger partial charge is 0.324 e. The molecular formula is C16H18BrN. The van der Waals surface area contributed by atoms with Gasteiger partial charge >= 0.3 is 0 Å². The Morgan fingerprint density at radius 1 is 1.11 bits per heavy atom. The molecule has 94 valence electrons. The number of hydrogen-bond acceptors (Lipinski definition) is 1. The normalized spacial score (nSPS) is 17.7. The molecule has 2 N–H and O–H groups in total. The molecule has 0 aromatic heterocycles. The summed E-state index contributed by atoms with van der Waals surface area (Å²) < 4.78 is 1.15. The maximum atomic E-state index is 6.41. The number of halogens is 1. The Bertz CT molecular complexity index is 560. The average molecular weight is 304 g/mol. The van der Waals surface area contributed by atoms with E-state index in [2.05, 4.69) is 52.3 Å². The Hall–Kier alpha value is -0.860. The number of rotatable bonds is 3. The molecule has 1 nitrogen and oxygen atoms in total. The number of nitrogens with two attached hydrogens (primary N) is 1. The molecule has 1 aliphatic carbocycles. The van der Waals surface area contributed by atoms with Crippen molar-refractivity contribution in [3.05, 3.63) is 46.4 Å². The summed E-state index contributed by atoms with van der Waals surface area (Å²) in [4.78, 5) is 0. The van der Waals surface area contributed by atoms with Gasteiger partial charge in [0.1, 0.15) is 0 Å². The Morgan fingerprint density at radius 2 is 1.83 bits per heavy atom. The van der Waals surface area contributed by atoms with Gasteiger partial charge in [0.05, 0.1) is 0 Å². The summed E-state index contributed by atoms with van der Waals surface area (Å²) >= 11 is 3.62. The third kappa shape index (κ3) is 2.19. The van der Waals surface area contributed by atoms with Gasteiger partial charge in [-0.3, -0.25) is 0 Å². The van der Waals surface area contributed by atoms with Crippen LogP contribution in [0.1, 0.15) is 37.3 Å². The van der Waals surface area contributed by atoms with Gasteiger partial charge in [-0.15, -0.1) is 0 Å². The first-order valence-electron chi connectivity index (χ1n) is 6.68. The summed E-state index contributed by atoms with van der Waals surface area (Å²) in [7, 11) is 0. The molecule has 1 aliphatic rings. The molecule has 2 aromatic carbocycles. The van der Waals surface area contributed by atoms with Crippen LogP contribution in [0.3, 0.4) is 0 Å². The first-order valence-corrected chi connectivity index (χ1v) is 7.48. The second-order valence-corrected chi connectivity index (χ2v) is 6.18. The SMILES string of the molecule is NC(CC1CCC1)c1ccc(Br)c2ccccc12. The minimum atomic E-state index is 0.174. The van der Waals surface area contributed by atoms with Crippen LogP contribution in [-0.4, -0.2) is 0 Å². The smallest absolute Gasteiger partial charge is 0.0303 e. The second-order valence-electron chi connectivity index (χ2n) is 5.32. The molecule has 0 bridgehead atoms. The molecule has 1 fully saturated rings. The molecule has 18 heavy (non-hydrogen) atoms. The lowest BCUT2D eigenvalue weighted by atomic mass is 9.79. The van der Waals surface area contributed by atoms with Crippen LogP contribution in [0.4, 0.5) is 0 Å². The van der Waals surface area contributed by atoms with Crippen molar-refractivity contribution in [2.24, 2.45) is 11.7 Å². The zero-order valence-corrected chi connectivity index (χ0v) is 12.0. The van der Waals surface area contributed by atoms with Gasteiger partial charge in [-0.1, -0.05) is 65.5 Å².